The number of ether oxygens (including phenoxy) is 1. The summed E-state index contributed by atoms with van der Waals surface area (Å²) in [6, 6.07) is 11.9. The van der Waals surface area contributed by atoms with Crippen LogP contribution in [0.1, 0.15) is 54.0 Å². The maximum Gasteiger partial charge on any atom is 0.261 e. The number of amides is 2. The molecule has 2 aromatic carbocycles. The Morgan fingerprint density at radius 1 is 1.11 bits per heavy atom. The van der Waals surface area contributed by atoms with E-state index in [0.717, 1.165) is 23.4 Å². The number of hydrogen-bond donors (Lipinski definition) is 2. The van der Waals surface area contributed by atoms with Crippen LogP contribution in [0.5, 0.6) is 5.75 Å². The number of carbonyl (C=O) groups excluding carboxylic acids is 2. The van der Waals surface area contributed by atoms with E-state index in [9.17, 15) is 9.59 Å². The van der Waals surface area contributed by atoms with Crippen molar-refractivity contribution >= 4 is 43.1 Å². The predicted molar refractivity (Wildman–Crippen MR) is 148 cm³/mol. The molecular weight excluding hydrogens is 490 g/mol. The number of hydrogen-bond acceptors (Lipinski definition) is 5. The molecule has 0 bridgehead atoms. The van der Waals surface area contributed by atoms with E-state index in [1.54, 1.807) is 24.3 Å². The zero-order valence-electron chi connectivity index (χ0n) is 21.8. The Morgan fingerprint density at radius 2 is 1.75 bits per heavy atom. The maximum atomic E-state index is 13.2. The number of rotatable bonds is 7. The number of anilines is 1. The van der Waals surface area contributed by atoms with E-state index < -0.39 is 20.4 Å². The van der Waals surface area contributed by atoms with Crippen molar-refractivity contribution in [1.29, 1.82) is 0 Å². The normalized spacial score (nSPS) is 16.8. The monoisotopic (exact) mass is 525 g/mol. The first-order valence-corrected chi connectivity index (χ1v) is 15.7. The van der Waals surface area contributed by atoms with E-state index in [-0.39, 0.29) is 16.9 Å². The molecule has 0 saturated heterocycles. The van der Waals surface area contributed by atoms with E-state index in [1.165, 1.54) is 4.90 Å². The summed E-state index contributed by atoms with van der Waals surface area (Å²) in [5.41, 5.74) is 2.84. The van der Waals surface area contributed by atoms with Gasteiger partial charge in [-0.25, -0.2) is 0 Å². The summed E-state index contributed by atoms with van der Waals surface area (Å²) < 4.78 is 12.2. The minimum absolute atomic E-state index is 0.0136. The lowest BCUT2D eigenvalue weighted by molar-refractivity contribution is 0.0548. The second kappa shape index (κ2) is 9.95. The number of nitrogens with zero attached hydrogens (tertiary/aromatic N) is 1. The van der Waals surface area contributed by atoms with Gasteiger partial charge in [-0.1, -0.05) is 39.0 Å². The van der Waals surface area contributed by atoms with E-state index in [1.807, 2.05) is 25.1 Å². The van der Waals surface area contributed by atoms with Crippen LogP contribution in [0.2, 0.25) is 18.1 Å². The first kappa shape index (κ1) is 26.3. The lowest BCUT2D eigenvalue weighted by Gasteiger charge is -2.39. The van der Waals surface area contributed by atoms with Crippen molar-refractivity contribution < 1.29 is 18.8 Å². The van der Waals surface area contributed by atoms with Crippen LogP contribution in [0, 0.1) is 0 Å². The lowest BCUT2D eigenvalue weighted by atomic mass is 10.1. The quantitative estimate of drug-likeness (QED) is 0.300. The molecule has 0 aromatic heterocycles. The third-order valence-electron chi connectivity index (χ3n) is 7.55. The number of nitrogens with one attached hydrogen (secondary N) is 2. The molecule has 7 nitrogen and oxygen atoms in total. The van der Waals surface area contributed by atoms with Gasteiger partial charge in [0.2, 0.25) is 0 Å². The highest BCUT2D eigenvalue weighted by Crippen LogP contribution is 2.37. The molecule has 9 heteroatoms. The maximum absolute atomic E-state index is 13.2. The second-order valence-corrected chi connectivity index (χ2v) is 16.1. The molecule has 4 rings (SSSR count). The topological polar surface area (TPSA) is 79.9 Å². The molecule has 0 unspecified atom stereocenters. The van der Waals surface area contributed by atoms with Crippen molar-refractivity contribution in [3.8, 4) is 5.75 Å². The van der Waals surface area contributed by atoms with Crippen LogP contribution in [0.3, 0.4) is 0 Å². The van der Waals surface area contributed by atoms with Crippen LogP contribution in [-0.4, -0.2) is 55.4 Å². The van der Waals surface area contributed by atoms with Crippen molar-refractivity contribution in [2.45, 2.75) is 64.3 Å². The van der Waals surface area contributed by atoms with Crippen molar-refractivity contribution in [2.24, 2.45) is 0 Å². The molecule has 0 saturated carbocycles. The van der Waals surface area contributed by atoms with Crippen LogP contribution < -0.4 is 15.4 Å². The Kier molecular flexibility index (Phi) is 7.27. The summed E-state index contributed by atoms with van der Waals surface area (Å²) >= 11 is 5.69. The van der Waals surface area contributed by atoms with Gasteiger partial charge in [-0.05, 0) is 61.5 Å². The van der Waals surface area contributed by atoms with Crippen molar-refractivity contribution in [2.75, 3.05) is 18.5 Å². The van der Waals surface area contributed by atoms with Crippen molar-refractivity contribution in [1.82, 2.24) is 10.2 Å². The Labute approximate surface area is 219 Å². The summed E-state index contributed by atoms with van der Waals surface area (Å²) in [5, 5.41) is 7.07. The van der Waals surface area contributed by atoms with E-state index in [2.05, 4.69) is 44.5 Å². The molecule has 36 heavy (non-hydrogen) atoms. The summed E-state index contributed by atoms with van der Waals surface area (Å²) in [5.74, 6) is 0.276. The molecule has 0 aliphatic carbocycles. The number of carbonyl (C=O) groups is 2. The smallest absolute Gasteiger partial charge is 0.261 e. The van der Waals surface area contributed by atoms with E-state index in [0.29, 0.717) is 29.5 Å². The standard InChI is InChI=1S/C27H35N3O4SSi/c1-17(30-24(31)18-10-7-8-11-19(18)25(30)32)22(16-34-36(5,6)27(2,3)4)29-26(35)28-21-12-9-13-23-20(21)14-15-33-23/h7-13,17,22H,14-16H2,1-6H3,(H2,28,29,35)/t17-,22-/m1/s1. The molecule has 2 aromatic rings. The molecule has 0 fully saturated rings. The Balaban J connectivity index is 1.56. The third-order valence-corrected chi connectivity index (χ3v) is 12.3. The molecule has 2 aliphatic heterocycles. The van der Waals surface area contributed by atoms with Crippen molar-refractivity contribution in [3.05, 3.63) is 59.2 Å². The zero-order valence-corrected chi connectivity index (χ0v) is 23.6. The molecule has 2 N–H and O–H groups in total. The average molecular weight is 526 g/mol. The SMILES string of the molecule is C[C@H]([C@@H](CO[Si](C)(C)C(C)(C)C)NC(=S)Nc1cccc2c1CCO2)N1C(=O)c2ccccc2C1=O. The Bertz CT molecular complexity index is 1160. The van der Waals surface area contributed by atoms with Crippen LogP contribution in [-0.2, 0) is 10.8 Å². The lowest BCUT2D eigenvalue weighted by Crippen LogP contribution is -2.56. The Morgan fingerprint density at radius 3 is 2.36 bits per heavy atom. The molecular formula is C27H35N3O4SSi. The molecule has 0 radical (unpaired) electrons. The zero-order chi connectivity index (χ0) is 26.3. The van der Waals surface area contributed by atoms with E-state index >= 15 is 0 Å². The first-order valence-electron chi connectivity index (χ1n) is 12.3. The average Bonchev–Trinajstić information content (AvgIpc) is 3.39. The summed E-state index contributed by atoms with van der Waals surface area (Å²) in [6.45, 7) is 13.7. The Hall–Kier alpha value is -2.75. The molecule has 0 spiro atoms. The third kappa shape index (κ3) is 5.05. The van der Waals surface area contributed by atoms with Crippen LogP contribution in [0.15, 0.2) is 42.5 Å². The highest BCUT2D eigenvalue weighted by Gasteiger charge is 2.43. The molecule has 2 amide bonds. The van der Waals surface area contributed by atoms with Crippen LogP contribution in [0.4, 0.5) is 5.69 Å². The van der Waals surface area contributed by atoms with Gasteiger partial charge >= 0.3 is 0 Å². The largest absolute Gasteiger partial charge is 0.493 e. The number of fused-ring (bicyclic) bond motifs is 2. The van der Waals surface area contributed by atoms with Gasteiger partial charge in [-0.2, -0.15) is 0 Å². The second-order valence-electron chi connectivity index (χ2n) is 10.9. The van der Waals surface area contributed by atoms with Gasteiger partial charge in [0.05, 0.1) is 36.4 Å². The van der Waals surface area contributed by atoms with Gasteiger partial charge in [0.25, 0.3) is 11.8 Å². The van der Waals surface area contributed by atoms with E-state index in [4.69, 9.17) is 21.4 Å². The minimum Gasteiger partial charge on any atom is -0.493 e. The molecule has 2 aliphatic rings. The van der Waals surface area contributed by atoms with Crippen LogP contribution >= 0.6 is 12.2 Å². The first-order chi connectivity index (χ1) is 16.9. The van der Waals surface area contributed by atoms with Crippen molar-refractivity contribution in [3.63, 3.8) is 0 Å². The minimum atomic E-state index is -2.10. The number of benzene rings is 2. The highest BCUT2D eigenvalue weighted by molar-refractivity contribution is 7.80. The van der Waals surface area contributed by atoms with Gasteiger partial charge in [0, 0.05) is 17.7 Å². The van der Waals surface area contributed by atoms with Gasteiger partial charge in [-0.3, -0.25) is 14.5 Å². The molecule has 2 heterocycles. The fraction of sp³-hybridized carbons (Fsp3) is 0.444. The van der Waals surface area contributed by atoms with Gasteiger partial charge in [0.15, 0.2) is 13.4 Å². The predicted octanol–water partition coefficient (Wildman–Crippen LogP) is 4.98. The van der Waals surface area contributed by atoms with Gasteiger partial charge in [-0.15, -0.1) is 0 Å². The molecule has 192 valence electrons. The van der Waals surface area contributed by atoms with Crippen LogP contribution in [0.25, 0.3) is 0 Å². The summed E-state index contributed by atoms with van der Waals surface area (Å²) in [6.07, 6.45) is 0.810. The number of imide groups is 1. The summed E-state index contributed by atoms with van der Waals surface area (Å²) in [4.78, 5) is 27.7. The highest BCUT2D eigenvalue weighted by atomic mass is 32.1. The summed E-state index contributed by atoms with van der Waals surface area (Å²) in [7, 11) is -2.10. The molecule has 2 atom stereocenters. The fourth-order valence-corrected chi connectivity index (χ4v) is 5.53. The number of thiocarbonyl (C=S) groups is 1. The fourth-order valence-electron chi connectivity index (χ4n) is 4.24. The van der Waals surface area contributed by atoms with Gasteiger partial charge in [0.1, 0.15) is 5.75 Å². The van der Waals surface area contributed by atoms with Gasteiger partial charge < -0.3 is 19.8 Å².